The number of aromatic nitrogens is 2. The number of ether oxygens (including phenoxy) is 2. The van der Waals surface area contributed by atoms with E-state index in [0.717, 1.165) is 0 Å². The number of halogens is 1. The van der Waals surface area contributed by atoms with Crippen LogP contribution in [0.15, 0.2) is 30.1 Å². The van der Waals surface area contributed by atoms with Crippen LogP contribution >= 0.6 is 11.6 Å². The van der Waals surface area contributed by atoms with Crippen LogP contribution in [0.5, 0.6) is 5.75 Å². The number of nitrogens with zero attached hydrogens (tertiary/aromatic N) is 3. The number of fused-ring (bicyclic) bond motifs is 1. The first kappa shape index (κ1) is 26.5. The highest BCUT2D eigenvalue weighted by molar-refractivity contribution is 6.32. The summed E-state index contributed by atoms with van der Waals surface area (Å²) in [7, 11) is 0. The van der Waals surface area contributed by atoms with Crippen molar-refractivity contribution in [2.45, 2.75) is 58.2 Å². The van der Waals surface area contributed by atoms with Crippen molar-refractivity contribution in [3.63, 3.8) is 0 Å². The van der Waals surface area contributed by atoms with Gasteiger partial charge in [-0.15, -0.1) is 0 Å². The van der Waals surface area contributed by atoms with Crippen LogP contribution in [0.3, 0.4) is 0 Å². The molecule has 2 aliphatic rings. The first-order valence-corrected chi connectivity index (χ1v) is 12.7. The Balaban J connectivity index is 1.42. The summed E-state index contributed by atoms with van der Waals surface area (Å²) < 4.78 is 11.6. The van der Waals surface area contributed by atoms with E-state index in [1.807, 2.05) is 26.8 Å². The van der Waals surface area contributed by atoms with Crippen molar-refractivity contribution in [1.82, 2.24) is 14.9 Å². The van der Waals surface area contributed by atoms with Crippen molar-refractivity contribution in [2.24, 2.45) is 0 Å². The van der Waals surface area contributed by atoms with Crippen molar-refractivity contribution in [1.29, 1.82) is 0 Å². The van der Waals surface area contributed by atoms with Crippen LogP contribution in [0.25, 0.3) is 6.08 Å². The van der Waals surface area contributed by atoms with Crippen LogP contribution in [0.2, 0.25) is 5.02 Å². The number of carboxylic acids is 1. The second-order valence-corrected chi connectivity index (χ2v) is 10.5. The molecule has 4 rings (SSSR count). The molecule has 0 bridgehead atoms. The summed E-state index contributed by atoms with van der Waals surface area (Å²) in [5.74, 6) is 0.636. The number of amides is 1. The van der Waals surface area contributed by atoms with Crippen molar-refractivity contribution in [2.75, 3.05) is 30.3 Å². The molecule has 10 nitrogen and oxygen atoms in total. The number of benzene rings is 1. The number of rotatable bonds is 5. The van der Waals surface area contributed by atoms with Gasteiger partial charge in [0.1, 0.15) is 35.4 Å². The van der Waals surface area contributed by atoms with Gasteiger partial charge in [0.15, 0.2) is 0 Å². The smallest absolute Gasteiger partial charge is 0.410 e. The zero-order valence-corrected chi connectivity index (χ0v) is 22.0. The minimum atomic E-state index is -0.955. The van der Waals surface area contributed by atoms with E-state index in [0.29, 0.717) is 84.5 Å². The fourth-order valence-corrected chi connectivity index (χ4v) is 4.37. The first-order valence-electron chi connectivity index (χ1n) is 12.3. The molecule has 1 aromatic heterocycles. The van der Waals surface area contributed by atoms with Gasteiger partial charge in [-0.3, -0.25) is 0 Å². The highest BCUT2D eigenvalue weighted by Gasteiger charge is 2.28. The van der Waals surface area contributed by atoms with Crippen LogP contribution in [0.1, 0.15) is 52.0 Å². The zero-order chi connectivity index (χ0) is 26.6. The molecule has 2 aromatic rings. The highest BCUT2D eigenvalue weighted by atomic mass is 35.5. The Hall–Kier alpha value is -3.53. The van der Waals surface area contributed by atoms with Crippen molar-refractivity contribution < 1.29 is 24.2 Å². The normalized spacial score (nSPS) is 16.4. The Bertz CT molecular complexity index is 1190. The molecule has 1 fully saturated rings. The van der Waals surface area contributed by atoms with Crippen LogP contribution in [-0.4, -0.2) is 63.4 Å². The molecular formula is C26H32ClN5O5. The Morgan fingerprint density at radius 3 is 2.65 bits per heavy atom. The van der Waals surface area contributed by atoms with E-state index in [4.69, 9.17) is 21.1 Å². The minimum Gasteiger partial charge on any atom is -0.489 e. The highest BCUT2D eigenvalue weighted by Crippen LogP contribution is 2.33. The monoisotopic (exact) mass is 529 g/mol. The molecule has 1 amide bonds. The number of carbonyl (C=O) groups excluding carboxylic acids is 1. The molecule has 0 unspecified atom stereocenters. The van der Waals surface area contributed by atoms with E-state index in [2.05, 4.69) is 20.6 Å². The third kappa shape index (κ3) is 7.03. The van der Waals surface area contributed by atoms with Gasteiger partial charge in [0.2, 0.25) is 0 Å². The Kier molecular flexibility index (Phi) is 8.06. The van der Waals surface area contributed by atoms with Gasteiger partial charge >= 0.3 is 12.1 Å². The van der Waals surface area contributed by atoms with Crippen molar-refractivity contribution >= 4 is 47.1 Å². The Labute approximate surface area is 221 Å². The SMILES string of the molecule is CC(C)(C)OC(=O)N1CCC(Oc2ccc(Nc3ncnc4c3C=C(C(=O)O)CCCN4)cc2Cl)CC1. The summed E-state index contributed by atoms with van der Waals surface area (Å²) in [5, 5.41) is 16.4. The van der Waals surface area contributed by atoms with Gasteiger partial charge in [-0.2, -0.15) is 0 Å². The predicted molar refractivity (Wildman–Crippen MR) is 142 cm³/mol. The third-order valence-electron chi connectivity index (χ3n) is 5.97. The van der Waals surface area contributed by atoms with Gasteiger partial charge in [-0.25, -0.2) is 19.6 Å². The molecule has 37 heavy (non-hydrogen) atoms. The van der Waals surface area contributed by atoms with Gasteiger partial charge in [0.25, 0.3) is 0 Å². The molecular weight excluding hydrogens is 498 g/mol. The lowest BCUT2D eigenvalue weighted by Crippen LogP contribution is -2.44. The molecule has 2 aliphatic heterocycles. The van der Waals surface area contributed by atoms with Gasteiger partial charge in [0.05, 0.1) is 10.6 Å². The lowest BCUT2D eigenvalue weighted by molar-refractivity contribution is -0.132. The van der Waals surface area contributed by atoms with Crippen LogP contribution in [0.4, 0.5) is 22.1 Å². The number of aliphatic carboxylic acids is 1. The van der Waals surface area contributed by atoms with Gasteiger partial charge in [-0.1, -0.05) is 11.6 Å². The van der Waals surface area contributed by atoms with Crippen molar-refractivity contribution in [3.8, 4) is 5.75 Å². The molecule has 0 spiro atoms. The maximum Gasteiger partial charge on any atom is 0.410 e. The number of likely N-dealkylation sites (tertiary alicyclic amines) is 1. The maximum atomic E-state index is 12.3. The number of hydrogen-bond acceptors (Lipinski definition) is 8. The standard InChI is InChI=1S/C26H32ClN5O5/c1-26(2,3)37-25(35)32-11-8-18(9-12-32)36-21-7-6-17(14-20(21)27)31-23-19-13-16(24(33)34)5-4-10-28-22(19)29-15-30-23/h6-7,13-15,18H,4-5,8-12H2,1-3H3,(H,33,34)(H2,28,29,30,31). The minimum absolute atomic E-state index is 0.0674. The fourth-order valence-electron chi connectivity index (χ4n) is 4.15. The van der Waals surface area contributed by atoms with Gasteiger partial charge < -0.3 is 30.1 Å². The summed E-state index contributed by atoms with van der Waals surface area (Å²) in [5.41, 5.74) is 1.03. The maximum absolute atomic E-state index is 12.3. The molecule has 1 aromatic carbocycles. The van der Waals surface area contributed by atoms with Crippen LogP contribution in [-0.2, 0) is 9.53 Å². The summed E-state index contributed by atoms with van der Waals surface area (Å²) in [4.78, 5) is 34.2. The second kappa shape index (κ2) is 11.2. The number of anilines is 3. The Morgan fingerprint density at radius 1 is 1.22 bits per heavy atom. The van der Waals surface area contributed by atoms with Gasteiger partial charge in [0, 0.05) is 43.7 Å². The molecule has 0 radical (unpaired) electrons. The topological polar surface area (TPSA) is 126 Å². The lowest BCUT2D eigenvalue weighted by atomic mass is 10.0. The molecule has 11 heteroatoms. The van der Waals surface area contributed by atoms with E-state index in [9.17, 15) is 14.7 Å². The molecule has 0 saturated carbocycles. The fraction of sp³-hybridized carbons (Fsp3) is 0.462. The van der Waals surface area contributed by atoms with E-state index >= 15 is 0 Å². The molecule has 3 N–H and O–H groups in total. The number of carbonyl (C=O) groups is 2. The summed E-state index contributed by atoms with van der Waals surface area (Å²) in [6.45, 7) is 7.27. The number of carboxylic acid groups (broad SMARTS) is 1. The summed E-state index contributed by atoms with van der Waals surface area (Å²) >= 11 is 6.54. The first-order chi connectivity index (χ1) is 17.6. The van der Waals surface area contributed by atoms with Crippen LogP contribution < -0.4 is 15.4 Å². The zero-order valence-electron chi connectivity index (χ0n) is 21.2. The molecule has 1 saturated heterocycles. The summed E-state index contributed by atoms with van der Waals surface area (Å²) in [6, 6.07) is 5.34. The lowest BCUT2D eigenvalue weighted by Gasteiger charge is -2.33. The largest absolute Gasteiger partial charge is 0.489 e. The van der Waals surface area contributed by atoms with Crippen LogP contribution in [0, 0.1) is 0 Å². The number of nitrogens with one attached hydrogen (secondary N) is 2. The van der Waals surface area contributed by atoms with E-state index < -0.39 is 11.6 Å². The average Bonchev–Trinajstić information content (AvgIpc) is 2.81. The molecule has 0 atom stereocenters. The van der Waals surface area contributed by atoms with E-state index in [1.54, 1.807) is 23.1 Å². The molecule has 0 aliphatic carbocycles. The van der Waals surface area contributed by atoms with E-state index in [1.165, 1.54) is 6.33 Å². The quantitative estimate of drug-likeness (QED) is 0.471. The molecule has 3 heterocycles. The summed E-state index contributed by atoms with van der Waals surface area (Å²) in [6.07, 6.45) is 5.15. The predicted octanol–water partition coefficient (Wildman–Crippen LogP) is 5.33. The second-order valence-electron chi connectivity index (χ2n) is 10.0. The van der Waals surface area contributed by atoms with Gasteiger partial charge in [-0.05, 0) is 57.9 Å². The van der Waals surface area contributed by atoms with E-state index in [-0.39, 0.29) is 12.2 Å². The van der Waals surface area contributed by atoms with Crippen molar-refractivity contribution in [3.05, 3.63) is 40.7 Å². The number of hydrogen-bond donors (Lipinski definition) is 3. The third-order valence-corrected chi connectivity index (χ3v) is 6.27. The molecule has 198 valence electrons. The Morgan fingerprint density at radius 2 is 1.97 bits per heavy atom. The average molecular weight is 530 g/mol. The number of piperidine rings is 1.